The van der Waals surface area contributed by atoms with Crippen molar-refractivity contribution in [2.45, 2.75) is 44.6 Å². The van der Waals surface area contributed by atoms with E-state index in [1.54, 1.807) is 17.0 Å². The normalized spacial score (nSPS) is 18.9. The molecule has 0 spiro atoms. The van der Waals surface area contributed by atoms with Gasteiger partial charge in [0.1, 0.15) is 12.2 Å². The van der Waals surface area contributed by atoms with Crippen LogP contribution in [-0.4, -0.2) is 48.9 Å². The monoisotopic (exact) mass is 347 g/mol. The van der Waals surface area contributed by atoms with Crippen molar-refractivity contribution in [1.82, 2.24) is 10.2 Å². The summed E-state index contributed by atoms with van der Waals surface area (Å²) in [5.41, 5.74) is 0.574. The smallest absolute Gasteiger partial charge is 0.232 e. The van der Waals surface area contributed by atoms with E-state index in [0.29, 0.717) is 31.9 Å². The van der Waals surface area contributed by atoms with Gasteiger partial charge in [0.05, 0.1) is 5.69 Å². The van der Waals surface area contributed by atoms with Gasteiger partial charge in [-0.1, -0.05) is 31.4 Å². The maximum Gasteiger partial charge on any atom is 0.232 e. The fourth-order valence-corrected chi connectivity index (χ4v) is 3.68. The van der Waals surface area contributed by atoms with Gasteiger partial charge in [-0.15, -0.1) is 0 Å². The third-order valence-electron chi connectivity index (χ3n) is 5.11. The maximum absolute atomic E-state index is 13.8. The third-order valence-corrected chi connectivity index (χ3v) is 5.11. The first kappa shape index (κ1) is 17.7. The molecule has 1 aliphatic carbocycles. The zero-order valence-electron chi connectivity index (χ0n) is 14.5. The lowest BCUT2D eigenvalue weighted by atomic mass is 9.95. The molecule has 1 saturated heterocycles. The Balaban J connectivity index is 1.45. The highest BCUT2D eigenvalue weighted by molar-refractivity contribution is 5.97. The predicted molar refractivity (Wildman–Crippen MR) is 94.8 cm³/mol. The van der Waals surface area contributed by atoms with E-state index in [1.807, 2.05) is 11.0 Å². The molecule has 1 aliphatic heterocycles. The molecule has 1 saturated carbocycles. The minimum Gasteiger partial charge on any atom is -0.366 e. The molecule has 3 rings (SSSR count). The van der Waals surface area contributed by atoms with Gasteiger partial charge in [0, 0.05) is 32.2 Å². The second kappa shape index (κ2) is 8.32. The van der Waals surface area contributed by atoms with Gasteiger partial charge in [-0.2, -0.15) is 0 Å². The number of anilines is 1. The van der Waals surface area contributed by atoms with Crippen molar-refractivity contribution in [3.05, 3.63) is 30.1 Å². The van der Waals surface area contributed by atoms with Crippen LogP contribution in [0.3, 0.4) is 0 Å². The van der Waals surface area contributed by atoms with Crippen LogP contribution in [-0.2, 0) is 9.59 Å². The molecule has 136 valence electrons. The van der Waals surface area contributed by atoms with Crippen LogP contribution in [0.2, 0.25) is 0 Å². The van der Waals surface area contributed by atoms with Crippen LogP contribution in [0.25, 0.3) is 0 Å². The lowest BCUT2D eigenvalue weighted by Crippen LogP contribution is -2.50. The van der Waals surface area contributed by atoms with E-state index in [9.17, 15) is 14.0 Å². The molecule has 0 unspecified atom stereocenters. The van der Waals surface area contributed by atoms with Crippen LogP contribution in [0.4, 0.5) is 10.1 Å². The number of hydrogen-bond acceptors (Lipinski definition) is 3. The summed E-state index contributed by atoms with van der Waals surface area (Å²) in [6, 6.07) is 6.91. The summed E-state index contributed by atoms with van der Waals surface area (Å²) in [7, 11) is 0. The van der Waals surface area contributed by atoms with Gasteiger partial charge in [0.15, 0.2) is 0 Å². The first-order valence-electron chi connectivity index (χ1n) is 9.20. The Hall–Kier alpha value is -2.11. The molecule has 0 atom stereocenters. The highest BCUT2D eigenvalue weighted by atomic mass is 19.1. The molecule has 1 aromatic rings. The van der Waals surface area contributed by atoms with Crippen LogP contribution in [0.15, 0.2) is 24.3 Å². The van der Waals surface area contributed by atoms with Crippen LogP contribution < -0.4 is 10.2 Å². The van der Waals surface area contributed by atoms with Crippen molar-refractivity contribution < 1.29 is 14.0 Å². The number of para-hydroxylation sites is 1. The minimum atomic E-state index is -0.242. The number of amides is 2. The Bertz CT molecular complexity index is 608. The first-order valence-corrected chi connectivity index (χ1v) is 9.20. The van der Waals surface area contributed by atoms with Crippen LogP contribution in [0, 0.1) is 5.82 Å². The SMILES string of the molecule is O=C(CC(=O)N1CCN(c2ccccc2F)CC1)NC1CCCCC1. The van der Waals surface area contributed by atoms with Gasteiger partial charge in [0.25, 0.3) is 0 Å². The van der Waals surface area contributed by atoms with Crippen molar-refractivity contribution in [1.29, 1.82) is 0 Å². The Morgan fingerprint density at radius 1 is 1.04 bits per heavy atom. The number of nitrogens with zero attached hydrogens (tertiary/aromatic N) is 2. The molecule has 2 amide bonds. The van der Waals surface area contributed by atoms with Crippen LogP contribution >= 0.6 is 0 Å². The van der Waals surface area contributed by atoms with Crippen molar-refractivity contribution >= 4 is 17.5 Å². The summed E-state index contributed by atoms with van der Waals surface area (Å²) in [5.74, 6) is -0.552. The number of carbonyl (C=O) groups is 2. The van der Waals surface area contributed by atoms with Gasteiger partial charge in [-0.3, -0.25) is 9.59 Å². The minimum absolute atomic E-state index is 0.0871. The Morgan fingerprint density at radius 2 is 1.72 bits per heavy atom. The van der Waals surface area contributed by atoms with Crippen LogP contribution in [0.5, 0.6) is 0 Å². The Labute approximate surface area is 148 Å². The quantitative estimate of drug-likeness (QED) is 0.851. The van der Waals surface area contributed by atoms with E-state index in [2.05, 4.69) is 5.32 Å². The highest BCUT2D eigenvalue weighted by Gasteiger charge is 2.25. The van der Waals surface area contributed by atoms with E-state index in [1.165, 1.54) is 12.5 Å². The van der Waals surface area contributed by atoms with Crippen molar-refractivity contribution in [3.8, 4) is 0 Å². The topological polar surface area (TPSA) is 52.7 Å². The van der Waals surface area contributed by atoms with Gasteiger partial charge in [-0.05, 0) is 25.0 Å². The molecule has 1 aromatic carbocycles. The second-order valence-electron chi connectivity index (χ2n) is 6.90. The lowest BCUT2D eigenvalue weighted by molar-refractivity contribution is -0.136. The van der Waals surface area contributed by atoms with Gasteiger partial charge >= 0.3 is 0 Å². The Morgan fingerprint density at radius 3 is 2.40 bits per heavy atom. The summed E-state index contributed by atoms with van der Waals surface area (Å²) in [4.78, 5) is 28.1. The zero-order chi connectivity index (χ0) is 17.6. The van der Waals surface area contributed by atoms with E-state index in [4.69, 9.17) is 0 Å². The summed E-state index contributed by atoms with van der Waals surface area (Å²) in [6.45, 7) is 2.20. The second-order valence-corrected chi connectivity index (χ2v) is 6.90. The number of hydrogen-bond donors (Lipinski definition) is 1. The van der Waals surface area contributed by atoms with Crippen molar-refractivity contribution in [2.75, 3.05) is 31.1 Å². The number of halogens is 1. The molecule has 25 heavy (non-hydrogen) atoms. The summed E-state index contributed by atoms with van der Waals surface area (Å²) < 4.78 is 13.8. The maximum atomic E-state index is 13.8. The highest BCUT2D eigenvalue weighted by Crippen LogP contribution is 2.20. The standard InChI is InChI=1S/C19H26FN3O2/c20-16-8-4-5-9-17(16)22-10-12-23(13-11-22)19(25)14-18(24)21-15-6-2-1-3-7-15/h4-5,8-9,15H,1-3,6-7,10-14H2,(H,21,24). The number of rotatable bonds is 4. The van der Waals surface area contributed by atoms with Crippen molar-refractivity contribution in [3.63, 3.8) is 0 Å². The Kier molecular flexibility index (Phi) is 5.89. The molecule has 5 nitrogen and oxygen atoms in total. The fourth-order valence-electron chi connectivity index (χ4n) is 3.68. The van der Waals surface area contributed by atoms with E-state index < -0.39 is 0 Å². The molecule has 0 radical (unpaired) electrons. The average Bonchev–Trinajstić information content (AvgIpc) is 2.63. The predicted octanol–water partition coefficient (Wildman–Crippen LogP) is 2.31. The van der Waals surface area contributed by atoms with Gasteiger partial charge in [-0.25, -0.2) is 4.39 Å². The summed E-state index contributed by atoms with van der Waals surface area (Å²) >= 11 is 0. The summed E-state index contributed by atoms with van der Waals surface area (Å²) in [5, 5.41) is 2.98. The van der Waals surface area contributed by atoms with E-state index in [-0.39, 0.29) is 30.1 Å². The number of benzene rings is 1. The molecular weight excluding hydrogens is 321 g/mol. The molecule has 0 aromatic heterocycles. The van der Waals surface area contributed by atoms with Gasteiger partial charge < -0.3 is 15.1 Å². The lowest BCUT2D eigenvalue weighted by Gasteiger charge is -2.36. The number of nitrogens with one attached hydrogen (secondary N) is 1. The van der Waals surface area contributed by atoms with Crippen LogP contribution in [0.1, 0.15) is 38.5 Å². The van der Waals surface area contributed by atoms with Gasteiger partial charge in [0.2, 0.25) is 11.8 Å². The summed E-state index contributed by atoms with van der Waals surface area (Å²) in [6.07, 6.45) is 5.48. The molecule has 2 aliphatic rings. The average molecular weight is 347 g/mol. The molecule has 1 N–H and O–H groups in total. The molecule has 0 bridgehead atoms. The molecule has 6 heteroatoms. The number of piperazine rings is 1. The molecular formula is C19H26FN3O2. The third kappa shape index (κ3) is 4.71. The van der Waals surface area contributed by atoms with E-state index in [0.717, 1.165) is 25.7 Å². The molecule has 2 fully saturated rings. The zero-order valence-corrected chi connectivity index (χ0v) is 14.5. The first-order chi connectivity index (χ1) is 12.1. The molecule has 1 heterocycles. The fraction of sp³-hybridized carbons (Fsp3) is 0.579. The largest absolute Gasteiger partial charge is 0.366 e. The van der Waals surface area contributed by atoms with Crippen molar-refractivity contribution in [2.24, 2.45) is 0 Å². The van der Waals surface area contributed by atoms with E-state index >= 15 is 0 Å². The number of carbonyl (C=O) groups excluding carboxylic acids is 2.